The summed E-state index contributed by atoms with van der Waals surface area (Å²) in [5.41, 5.74) is 4.77. The first-order chi connectivity index (χ1) is 15.5. The number of amides is 1. The lowest BCUT2D eigenvalue weighted by Gasteiger charge is -2.38. The molecule has 1 saturated heterocycles. The van der Waals surface area contributed by atoms with Crippen LogP contribution < -0.4 is 10.2 Å². The molecule has 2 aliphatic heterocycles. The molecule has 0 spiro atoms. The SMILES string of the molecule is CC1=C(C(=O)N2CCN(c3ccc(F)cc3)CC2)C(c2ccc(C)cc2)n2nccc2N1. The summed E-state index contributed by atoms with van der Waals surface area (Å²) < 4.78 is 15.1. The van der Waals surface area contributed by atoms with Crippen molar-refractivity contribution in [3.05, 3.63) is 89.0 Å². The minimum atomic E-state index is -0.274. The van der Waals surface area contributed by atoms with Crippen molar-refractivity contribution >= 4 is 17.4 Å². The van der Waals surface area contributed by atoms with Gasteiger partial charge in [0, 0.05) is 43.6 Å². The first kappa shape index (κ1) is 20.3. The maximum absolute atomic E-state index is 13.8. The molecule has 1 N–H and O–H groups in total. The number of nitrogens with one attached hydrogen (secondary N) is 1. The number of carbonyl (C=O) groups is 1. The lowest BCUT2D eigenvalue weighted by Crippen LogP contribution is -2.50. The van der Waals surface area contributed by atoms with Crippen LogP contribution >= 0.6 is 0 Å². The van der Waals surface area contributed by atoms with Gasteiger partial charge in [0.1, 0.15) is 17.7 Å². The number of anilines is 2. The second kappa shape index (κ2) is 8.15. The number of halogens is 1. The van der Waals surface area contributed by atoms with E-state index in [0.29, 0.717) is 26.2 Å². The van der Waals surface area contributed by atoms with Crippen LogP contribution in [0.4, 0.5) is 15.9 Å². The summed E-state index contributed by atoms with van der Waals surface area (Å²) >= 11 is 0. The molecule has 2 aliphatic rings. The van der Waals surface area contributed by atoms with Gasteiger partial charge >= 0.3 is 0 Å². The Labute approximate surface area is 186 Å². The van der Waals surface area contributed by atoms with Crippen molar-refractivity contribution in [2.75, 3.05) is 36.4 Å². The number of rotatable bonds is 3. The van der Waals surface area contributed by atoms with E-state index in [1.807, 2.05) is 22.6 Å². The fraction of sp³-hybridized carbons (Fsp3) is 0.280. The van der Waals surface area contributed by atoms with Crippen molar-refractivity contribution in [3.63, 3.8) is 0 Å². The molecule has 2 aromatic carbocycles. The number of hydrogen-bond acceptors (Lipinski definition) is 4. The van der Waals surface area contributed by atoms with Gasteiger partial charge in [-0.2, -0.15) is 5.10 Å². The first-order valence-corrected chi connectivity index (χ1v) is 10.9. The minimum Gasteiger partial charge on any atom is -0.368 e. The van der Waals surface area contributed by atoms with Crippen LogP contribution in [0.1, 0.15) is 24.1 Å². The van der Waals surface area contributed by atoms with Crippen LogP contribution in [0, 0.1) is 12.7 Å². The molecule has 1 aromatic heterocycles. The number of fused-ring (bicyclic) bond motifs is 1. The number of nitrogens with zero attached hydrogens (tertiary/aromatic N) is 4. The Balaban J connectivity index is 1.40. The second-order valence-electron chi connectivity index (χ2n) is 8.39. The van der Waals surface area contributed by atoms with Crippen LogP contribution in [0.5, 0.6) is 0 Å². The molecule has 0 aliphatic carbocycles. The summed E-state index contributed by atoms with van der Waals surface area (Å²) in [5.74, 6) is 0.668. The highest BCUT2D eigenvalue weighted by atomic mass is 19.1. The average Bonchev–Trinajstić information content (AvgIpc) is 3.27. The molecule has 3 aromatic rings. The molecule has 7 heteroatoms. The molecule has 1 fully saturated rings. The Morgan fingerprint density at radius 2 is 1.66 bits per heavy atom. The van der Waals surface area contributed by atoms with Crippen LogP contribution in [0.15, 0.2) is 72.1 Å². The molecule has 3 heterocycles. The number of allylic oxidation sites excluding steroid dienone is 1. The molecule has 1 amide bonds. The van der Waals surface area contributed by atoms with E-state index in [0.717, 1.165) is 28.3 Å². The van der Waals surface area contributed by atoms with Gasteiger partial charge in [-0.15, -0.1) is 0 Å². The Bertz CT molecular complexity index is 1160. The largest absolute Gasteiger partial charge is 0.368 e. The van der Waals surface area contributed by atoms with E-state index in [-0.39, 0.29) is 17.8 Å². The highest BCUT2D eigenvalue weighted by molar-refractivity contribution is 5.97. The summed E-state index contributed by atoms with van der Waals surface area (Å²) in [6, 6.07) is 16.5. The fourth-order valence-corrected chi connectivity index (χ4v) is 4.53. The Kier molecular flexibility index (Phi) is 5.17. The quantitative estimate of drug-likeness (QED) is 0.682. The van der Waals surface area contributed by atoms with Crippen molar-refractivity contribution in [1.82, 2.24) is 14.7 Å². The zero-order chi connectivity index (χ0) is 22.2. The summed E-state index contributed by atoms with van der Waals surface area (Å²) in [5, 5.41) is 7.87. The predicted octanol–water partition coefficient (Wildman–Crippen LogP) is 3.97. The third-order valence-corrected chi connectivity index (χ3v) is 6.29. The predicted molar refractivity (Wildman–Crippen MR) is 123 cm³/mol. The van der Waals surface area contributed by atoms with Gasteiger partial charge in [0.25, 0.3) is 5.91 Å². The Morgan fingerprint density at radius 1 is 0.969 bits per heavy atom. The van der Waals surface area contributed by atoms with Crippen molar-refractivity contribution in [2.45, 2.75) is 19.9 Å². The van der Waals surface area contributed by atoms with Crippen molar-refractivity contribution in [3.8, 4) is 0 Å². The number of piperazine rings is 1. The Morgan fingerprint density at radius 3 is 2.34 bits per heavy atom. The number of aryl methyl sites for hydroxylation is 1. The smallest absolute Gasteiger partial charge is 0.254 e. The normalized spacial score (nSPS) is 18.4. The van der Waals surface area contributed by atoms with Crippen LogP contribution in [0.3, 0.4) is 0 Å². The molecule has 0 radical (unpaired) electrons. The highest BCUT2D eigenvalue weighted by Crippen LogP contribution is 2.36. The molecule has 0 saturated carbocycles. The average molecular weight is 432 g/mol. The molecule has 1 unspecified atom stereocenters. The zero-order valence-electron chi connectivity index (χ0n) is 18.3. The van der Waals surface area contributed by atoms with Crippen molar-refractivity contribution < 1.29 is 9.18 Å². The topological polar surface area (TPSA) is 53.4 Å². The molecule has 1 atom stereocenters. The molecular formula is C25H26FN5O. The monoisotopic (exact) mass is 431 g/mol. The van der Waals surface area contributed by atoms with Gasteiger partial charge in [-0.05, 0) is 43.7 Å². The number of carbonyl (C=O) groups excluding carboxylic acids is 1. The van der Waals surface area contributed by atoms with E-state index < -0.39 is 0 Å². The van der Waals surface area contributed by atoms with E-state index in [9.17, 15) is 9.18 Å². The van der Waals surface area contributed by atoms with E-state index in [2.05, 4.69) is 46.5 Å². The molecule has 32 heavy (non-hydrogen) atoms. The van der Waals surface area contributed by atoms with E-state index >= 15 is 0 Å². The van der Waals surface area contributed by atoms with Crippen LogP contribution in [0.25, 0.3) is 0 Å². The molecule has 0 bridgehead atoms. The van der Waals surface area contributed by atoms with Gasteiger partial charge in [-0.3, -0.25) is 4.79 Å². The van der Waals surface area contributed by atoms with Crippen LogP contribution in [0.2, 0.25) is 0 Å². The maximum atomic E-state index is 13.8. The van der Waals surface area contributed by atoms with Gasteiger partial charge in [-0.25, -0.2) is 9.07 Å². The van der Waals surface area contributed by atoms with Crippen molar-refractivity contribution in [2.24, 2.45) is 0 Å². The molecule has 164 valence electrons. The number of hydrogen-bond donors (Lipinski definition) is 1. The summed E-state index contributed by atoms with van der Waals surface area (Å²) in [6.45, 7) is 6.65. The molecule has 6 nitrogen and oxygen atoms in total. The van der Waals surface area contributed by atoms with Crippen LogP contribution in [-0.4, -0.2) is 46.8 Å². The maximum Gasteiger partial charge on any atom is 0.254 e. The third kappa shape index (κ3) is 3.64. The van der Waals surface area contributed by atoms with Gasteiger partial charge in [0.05, 0.1) is 11.8 Å². The third-order valence-electron chi connectivity index (χ3n) is 6.29. The van der Waals surface area contributed by atoms with Crippen molar-refractivity contribution in [1.29, 1.82) is 0 Å². The van der Waals surface area contributed by atoms with E-state index in [1.165, 1.54) is 17.7 Å². The summed E-state index contributed by atoms with van der Waals surface area (Å²) in [4.78, 5) is 17.9. The van der Waals surface area contributed by atoms with E-state index in [1.54, 1.807) is 18.3 Å². The highest BCUT2D eigenvalue weighted by Gasteiger charge is 2.35. The zero-order valence-corrected chi connectivity index (χ0v) is 18.3. The van der Waals surface area contributed by atoms with Gasteiger partial charge in [0.15, 0.2) is 0 Å². The summed E-state index contributed by atoms with van der Waals surface area (Å²) in [7, 11) is 0. The number of aromatic nitrogens is 2. The standard InChI is InChI=1S/C25H26FN5O/c1-17-3-5-19(6-4-17)24-23(18(2)28-22-11-12-27-31(22)24)25(32)30-15-13-29(14-16-30)21-9-7-20(26)8-10-21/h3-12,24,28H,13-16H2,1-2H3. The first-order valence-electron chi connectivity index (χ1n) is 10.9. The minimum absolute atomic E-state index is 0.0282. The van der Waals surface area contributed by atoms with Gasteiger partial charge < -0.3 is 15.1 Å². The second-order valence-corrected chi connectivity index (χ2v) is 8.39. The van der Waals surface area contributed by atoms with Gasteiger partial charge in [-0.1, -0.05) is 29.8 Å². The van der Waals surface area contributed by atoms with E-state index in [4.69, 9.17) is 0 Å². The van der Waals surface area contributed by atoms with Crippen LogP contribution in [-0.2, 0) is 4.79 Å². The summed E-state index contributed by atoms with van der Waals surface area (Å²) in [6.07, 6.45) is 1.76. The fourth-order valence-electron chi connectivity index (χ4n) is 4.53. The Hall–Kier alpha value is -3.61. The molecular weight excluding hydrogens is 405 g/mol. The van der Waals surface area contributed by atoms with Gasteiger partial charge in [0.2, 0.25) is 0 Å². The lowest BCUT2D eigenvalue weighted by molar-refractivity contribution is -0.127. The number of benzene rings is 2. The lowest BCUT2D eigenvalue weighted by atomic mass is 9.93. The molecule has 5 rings (SSSR count).